The molecular formula is C14H29N3. The van der Waals surface area contributed by atoms with E-state index < -0.39 is 0 Å². The molecule has 0 aliphatic carbocycles. The maximum Gasteiger partial charge on any atom is 0.0243 e. The number of hydrogen-bond acceptors (Lipinski definition) is 3. The van der Waals surface area contributed by atoms with E-state index in [4.69, 9.17) is 0 Å². The number of piperidine rings is 1. The van der Waals surface area contributed by atoms with Gasteiger partial charge in [-0.25, -0.2) is 0 Å². The first kappa shape index (κ1) is 13.3. The second-order valence-electron chi connectivity index (χ2n) is 6.26. The summed E-state index contributed by atoms with van der Waals surface area (Å²) in [5, 5.41) is 3.53. The summed E-state index contributed by atoms with van der Waals surface area (Å²) in [5.74, 6) is 1.66. The Morgan fingerprint density at radius 1 is 1.29 bits per heavy atom. The van der Waals surface area contributed by atoms with Gasteiger partial charge in [-0.2, -0.15) is 0 Å². The number of hydrogen-bond donors (Lipinski definition) is 1. The Balaban J connectivity index is 1.81. The van der Waals surface area contributed by atoms with Gasteiger partial charge >= 0.3 is 0 Å². The average molecular weight is 239 g/mol. The minimum atomic E-state index is 0.750. The SMILES string of the molecule is CC(C)C1CN(CC2CCCNC2)CCN1C. The van der Waals surface area contributed by atoms with Crippen LogP contribution in [-0.2, 0) is 0 Å². The molecule has 0 bridgehead atoms. The van der Waals surface area contributed by atoms with Crippen molar-refractivity contribution in [3.05, 3.63) is 0 Å². The molecule has 0 spiro atoms. The molecule has 2 unspecified atom stereocenters. The molecular weight excluding hydrogens is 210 g/mol. The highest BCUT2D eigenvalue weighted by Gasteiger charge is 2.28. The number of nitrogens with zero attached hydrogens (tertiary/aromatic N) is 2. The molecule has 2 rings (SSSR count). The van der Waals surface area contributed by atoms with Crippen LogP contribution in [0.1, 0.15) is 26.7 Å². The van der Waals surface area contributed by atoms with Crippen molar-refractivity contribution in [3.63, 3.8) is 0 Å². The van der Waals surface area contributed by atoms with Gasteiger partial charge < -0.3 is 15.1 Å². The van der Waals surface area contributed by atoms with Crippen LogP contribution in [0.4, 0.5) is 0 Å². The van der Waals surface area contributed by atoms with Crippen LogP contribution in [0.25, 0.3) is 0 Å². The van der Waals surface area contributed by atoms with Crippen LogP contribution in [0.5, 0.6) is 0 Å². The van der Waals surface area contributed by atoms with Gasteiger partial charge in [0.1, 0.15) is 0 Å². The van der Waals surface area contributed by atoms with E-state index in [9.17, 15) is 0 Å². The van der Waals surface area contributed by atoms with Crippen LogP contribution >= 0.6 is 0 Å². The lowest BCUT2D eigenvalue weighted by Gasteiger charge is -2.43. The average Bonchev–Trinajstić information content (AvgIpc) is 2.32. The number of likely N-dealkylation sites (N-methyl/N-ethyl adjacent to an activating group) is 1. The highest BCUT2D eigenvalue weighted by Crippen LogP contribution is 2.18. The zero-order chi connectivity index (χ0) is 12.3. The van der Waals surface area contributed by atoms with Gasteiger partial charge in [0.2, 0.25) is 0 Å². The van der Waals surface area contributed by atoms with E-state index in [0.717, 1.165) is 17.9 Å². The van der Waals surface area contributed by atoms with Gasteiger partial charge in [0.15, 0.2) is 0 Å². The van der Waals surface area contributed by atoms with E-state index >= 15 is 0 Å². The topological polar surface area (TPSA) is 18.5 Å². The fourth-order valence-corrected chi connectivity index (χ4v) is 3.29. The minimum absolute atomic E-state index is 0.750. The Kier molecular flexibility index (Phi) is 4.83. The zero-order valence-corrected chi connectivity index (χ0v) is 11.8. The predicted molar refractivity (Wildman–Crippen MR) is 73.3 cm³/mol. The summed E-state index contributed by atoms with van der Waals surface area (Å²) < 4.78 is 0. The van der Waals surface area contributed by atoms with Crippen LogP contribution in [-0.4, -0.2) is 62.2 Å². The van der Waals surface area contributed by atoms with E-state index in [1.165, 1.54) is 52.1 Å². The lowest BCUT2D eigenvalue weighted by Crippen LogP contribution is -2.55. The van der Waals surface area contributed by atoms with Crippen molar-refractivity contribution in [1.29, 1.82) is 0 Å². The fourth-order valence-electron chi connectivity index (χ4n) is 3.29. The Labute approximate surface area is 107 Å². The molecule has 2 saturated heterocycles. The third-order valence-corrected chi connectivity index (χ3v) is 4.47. The second-order valence-corrected chi connectivity index (χ2v) is 6.26. The molecule has 1 N–H and O–H groups in total. The highest BCUT2D eigenvalue weighted by molar-refractivity contribution is 4.84. The highest BCUT2D eigenvalue weighted by atomic mass is 15.3. The lowest BCUT2D eigenvalue weighted by molar-refractivity contribution is 0.0577. The molecule has 2 heterocycles. The molecule has 3 nitrogen and oxygen atoms in total. The van der Waals surface area contributed by atoms with Crippen molar-refractivity contribution in [2.75, 3.05) is 46.3 Å². The van der Waals surface area contributed by atoms with Crippen molar-refractivity contribution >= 4 is 0 Å². The van der Waals surface area contributed by atoms with Crippen molar-refractivity contribution in [2.24, 2.45) is 11.8 Å². The molecule has 17 heavy (non-hydrogen) atoms. The van der Waals surface area contributed by atoms with Crippen LogP contribution in [0.3, 0.4) is 0 Å². The number of piperazine rings is 1. The predicted octanol–water partition coefficient (Wildman–Crippen LogP) is 1.26. The molecule has 3 heteroatoms. The fraction of sp³-hybridized carbons (Fsp3) is 1.00. The lowest BCUT2D eigenvalue weighted by atomic mass is 9.96. The van der Waals surface area contributed by atoms with Crippen molar-refractivity contribution in [1.82, 2.24) is 15.1 Å². The van der Waals surface area contributed by atoms with Gasteiger partial charge in [-0.1, -0.05) is 13.8 Å². The minimum Gasteiger partial charge on any atom is -0.316 e. The van der Waals surface area contributed by atoms with E-state index in [0.29, 0.717) is 0 Å². The van der Waals surface area contributed by atoms with Crippen molar-refractivity contribution in [3.8, 4) is 0 Å². The smallest absolute Gasteiger partial charge is 0.0243 e. The summed E-state index contributed by atoms with van der Waals surface area (Å²) in [4.78, 5) is 5.24. The van der Waals surface area contributed by atoms with E-state index in [2.05, 4.69) is 36.0 Å². The van der Waals surface area contributed by atoms with Crippen LogP contribution < -0.4 is 5.32 Å². The molecule has 2 aliphatic rings. The van der Waals surface area contributed by atoms with Gasteiger partial charge in [0.25, 0.3) is 0 Å². The zero-order valence-electron chi connectivity index (χ0n) is 11.8. The third-order valence-electron chi connectivity index (χ3n) is 4.47. The molecule has 2 fully saturated rings. The van der Waals surface area contributed by atoms with Gasteiger partial charge in [-0.3, -0.25) is 0 Å². The van der Waals surface area contributed by atoms with Crippen molar-refractivity contribution < 1.29 is 0 Å². The van der Waals surface area contributed by atoms with E-state index in [1.807, 2.05) is 0 Å². The first-order valence-corrected chi connectivity index (χ1v) is 7.30. The van der Waals surface area contributed by atoms with Crippen LogP contribution in [0.2, 0.25) is 0 Å². The maximum absolute atomic E-state index is 3.53. The molecule has 100 valence electrons. The molecule has 0 aromatic heterocycles. The maximum atomic E-state index is 3.53. The first-order chi connectivity index (χ1) is 8.16. The molecule has 2 aliphatic heterocycles. The summed E-state index contributed by atoms with van der Waals surface area (Å²) in [6.45, 7) is 12.3. The Morgan fingerprint density at radius 2 is 2.12 bits per heavy atom. The second kappa shape index (κ2) is 6.17. The van der Waals surface area contributed by atoms with Gasteiger partial charge in [-0.15, -0.1) is 0 Å². The number of nitrogens with one attached hydrogen (secondary N) is 1. The molecule has 0 amide bonds. The van der Waals surface area contributed by atoms with Gasteiger partial charge in [0, 0.05) is 32.2 Å². The molecule has 0 aromatic carbocycles. The summed E-state index contributed by atoms with van der Waals surface area (Å²) >= 11 is 0. The third kappa shape index (κ3) is 3.67. The molecule has 0 radical (unpaired) electrons. The first-order valence-electron chi connectivity index (χ1n) is 7.30. The van der Waals surface area contributed by atoms with E-state index in [-0.39, 0.29) is 0 Å². The standard InChI is InChI=1S/C14H29N3/c1-12(2)14-11-17(8-7-16(14)3)10-13-5-4-6-15-9-13/h12-15H,4-11H2,1-3H3. The summed E-state index contributed by atoms with van der Waals surface area (Å²) in [5.41, 5.74) is 0. The molecule has 0 aromatic rings. The quantitative estimate of drug-likeness (QED) is 0.800. The number of rotatable bonds is 3. The molecule has 2 atom stereocenters. The van der Waals surface area contributed by atoms with Gasteiger partial charge in [-0.05, 0) is 44.8 Å². The van der Waals surface area contributed by atoms with Gasteiger partial charge in [0.05, 0.1) is 0 Å². The Morgan fingerprint density at radius 3 is 2.76 bits per heavy atom. The summed E-state index contributed by atoms with van der Waals surface area (Å²) in [7, 11) is 2.28. The summed E-state index contributed by atoms with van der Waals surface area (Å²) in [6.07, 6.45) is 2.79. The van der Waals surface area contributed by atoms with Crippen LogP contribution in [0.15, 0.2) is 0 Å². The normalized spacial score (nSPS) is 33.2. The van der Waals surface area contributed by atoms with E-state index in [1.54, 1.807) is 0 Å². The Bertz CT molecular complexity index is 224. The molecule has 0 saturated carbocycles. The monoisotopic (exact) mass is 239 g/mol. The Hall–Kier alpha value is -0.120. The summed E-state index contributed by atoms with van der Waals surface area (Å²) in [6, 6.07) is 0.750. The van der Waals surface area contributed by atoms with Crippen molar-refractivity contribution in [2.45, 2.75) is 32.7 Å². The van der Waals surface area contributed by atoms with Crippen LogP contribution in [0, 0.1) is 11.8 Å². The largest absolute Gasteiger partial charge is 0.316 e.